The van der Waals surface area contributed by atoms with E-state index in [4.69, 9.17) is 9.26 Å². The van der Waals surface area contributed by atoms with Crippen molar-refractivity contribution in [1.82, 2.24) is 15.0 Å². The Morgan fingerprint density at radius 2 is 2.26 bits per heavy atom. The van der Waals surface area contributed by atoms with Gasteiger partial charge in [-0.2, -0.15) is 4.98 Å². The lowest BCUT2D eigenvalue weighted by atomic mass is 9.95. The molecule has 1 atom stereocenters. The number of fused-ring (bicyclic) bond motifs is 1. The fraction of sp³-hybridized carbons (Fsp3) is 0.562. The molecule has 1 unspecified atom stereocenters. The van der Waals surface area contributed by atoms with Crippen LogP contribution in [0.1, 0.15) is 51.5 Å². The van der Waals surface area contributed by atoms with Crippen molar-refractivity contribution in [3.8, 4) is 0 Å². The quantitative estimate of drug-likeness (QED) is 0.845. The molecule has 6 nitrogen and oxygen atoms in total. The van der Waals surface area contributed by atoms with Crippen LogP contribution in [0.15, 0.2) is 9.90 Å². The van der Waals surface area contributed by atoms with Crippen molar-refractivity contribution in [2.45, 2.75) is 38.7 Å². The highest BCUT2D eigenvalue weighted by molar-refractivity contribution is 7.10. The van der Waals surface area contributed by atoms with Gasteiger partial charge in [-0.3, -0.25) is 4.79 Å². The summed E-state index contributed by atoms with van der Waals surface area (Å²) in [4.78, 5) is 20.4. The predicted octanol–water partition coefficient (Wildman–Crippen LogP) is 2.53. The number of amides is 1. The molecule has 0 aromatic carbocycles. The van der Waals surface area contributed by atoms with Crippen LogP contribution in [0.3, 0.4) is 0 Å². The number of ether oxygens (including phenoxy) is 1. The Kier molecular flexibility index (Phi) is 3.90. The van der Waals surface area contributed by atoms with Gasteiger partial charge in [-0.15, -0.1) is 11.3 Å². The summed E-state index contributed by atoms with van der Waals surface area (Å²) in [5.74, 6) is 1.14. The standard InChI is InChI=1S/C16H19N3O3S/c1-10-17-15(18-22-10)13-8-19(6-7-21-13)16(20)12-9-23-14-5-3-2-4-11(12)14/h9,13H,2-8H2,1H3. The molecule has 23 heavy (non-hydrogen) atoms. The minimum Gasteiger partial charge on any atom is -0.366 e. The molecule has 2 aromatic heterocycles. The largest absolute Gasteiger partial charge is 0.366 e. The van der Waals surface area contributed by atoms with Crippen LogP contribution in [-0.2, 0) is 17.6 Å². The van der Waals surface area contributed by atoms with E-state index in [-0.39, 0.29) is 12.0 Å². The second-order valence-corrected chi connectivity index (χ2v) is 7.00. The van der Waals surface area contributed by atoms with Gasteiger partial charge in [0.05, 0.1) is 18.7 Å². The molecule has 3 heterocycles. The lowest BCUT2D eigenvalue weighted by Crippen LogP contribution is -2.42. The second-order valence-electron chi connectivity index (χ2n) is 6.04. The van der Waals surface area contributed by atoms with Gasteiger partial charge in [0.2, 0.25) is 11.7 Å². The number of aryl methyl sites for hydroxylation is 2. The number of carbonyl (C=O) groups excluding carboxylic acids is 1. The number of hydrogen-bond donors (Lipinski definition) is 0. The molecular weight excluding hydrogens is 314 g/mol. The van der Waals surface area contributed by atoms with Crippen molar-refractivity contribution >= 4 is 17.2 Å². The molecule has 2 aromatic rings. The third-order valence-corrected chi connectivity index (χ3v) is 5.57. The zero-order valence-electron chi connectivity index (χ0n) is 13.1. The first kappa shape index (κ1) is 14.8. The number of nitrogens with zero attached hydrogens (tertiary/aromatic N) is 3. The van der Waals surface area contributed by atoms with Crippen LogP contribution >= 0.6 is 11.3 Å². The first-order valence-electron chi connectivity index (χ1n) is 8.02. The van der Waals surface area contributed by atoms with Crippen molar-refractivity contribution in [2.24, 2.45) is 0 Å². The Balaban J connectivity index is 1.53. The first-order chi connectivity index (χ1) is 11.2. The summed E-state index contributed by atoms with van der Waals surface area (Å²) in [6.07, 6.45) is 4.24. The summed E-state index contributed by atoms with van der Waals surface area (Å²) in [6, 6.07) is 0. The van der Waals surface area contributed by atoms with Crippen LogP contribution in [0.5, 0.6) is 0 Å². The molecule has 0 saturated carbocycles. The van der Waals surface area contributed by atoms with Gasteiger partial charge in [-0.25, -0.2) is 0 Å². The van der Waals surface area contributed by atoms with Gasteiger partial charge in [0.15, 0.2) is 0 Å². The topological polar surface area (TPSA) is 68.5 Å². The van der Waals surface area contributed by atoms with Gasteiger partial charge in [0.25, 0.3) is 5.91 Å². The fourth-order valence-electron chi connectivity index (χ4n) is 3.28. The van der Waals surface area contributed by atoms with Crippen LogP contribution in [-0.4, -0.2) is 40.6 Å². The SMILES string of the molecule is Cc1nc(C2CN(C(=O)c3csc4c3CCCC4)CCO2)no1. The predicted molar refractivity (Wildman–Crippen MR) is 84.6 cm³/mol. The molecule has 1 saturated heterocycles. The maximum absolute atomic E-state index is 12.9. The van der Waals surface area contributed by atoms with Crippen molar-refractivity contribution in [3.05, 3.63) is 33.1 Å². The maximum atomic E-state index is 12.9. The molecule has 0 radical (unpaired) electrons. The number of morpholine rings is 1. The van der Waals surface area contributed by atoms with Crippen molar-refractivity contribution in [2.75, 3.05) is 19.7 Å². The molecule has 1 aliphatic heterocycles. The molecule has 7 heteroatoms. The molecule has 0 bridgehead atoms. The van der Waals surface area contributed by atoms with Crippen LogP contribution in [0, 0.1) is 6.92 Å². The molecule has 0 spiro atoms. The van der Waals surface area contributed by atoms with Gasteiger partial charge < -0.3 is 14.2 Å². The molecular formula is C16H19N3O3S. The zero-order valence-corrected chi connectivity index (χ0v) is 13.9. The summed E-state index contributed by atoms with van der Waals surface area (Å²) in [6.45, 7) is 3.33. The van der Waals surface area contributed by atoms with Crippen LogP contribution in [0.25, 0.3) is 0 Å². The van der Waals surface area contributed by atoms with Gasteiger partial charge in [-0.1, -0.05) is 5.16 Å². The summed E-state index contributed by atoms with van der Waals surface area (Å²) < 4.78 is 10.7. The molecule has 122 valence electrons. The number of rotatable bonds is 2. The van der Waals surface area contributed by atoms with E-state index in [0.29, 0.717) is 31.4 Å². The first-order valence-corrected chi connectivity index (χ1v) is 8.90. The van der Waals surface area contributed by atoms with E-state index in [2.05, 4.69) is 10.1 Å². The minimum absolute atomic E-state index is 0.109. The summed E-state index contributed by atoms with van der Waals surface area (Å²) in [5, 5.41) is 5.95. The Morgan fingerprint density at radius 1 is 1.39 bits per heavy atom. The van der Waals surface area contributed by atoms with Crippen molar-refractivity contribution in [1.29, 1.82) is 0 Å². The summed E-state index contributed by atoms with van der Waals surface area (Å²) in [5.41, 5.74) is 2.15. The summed E-state index contributed by atoms with van der Waals surface area (Å²) >= 11 is 1.73. The van der Waals surface area contributed by atoms with Crippen molar-refractivity contribution in [3.63, 3.8) is 0 Å². The zero-order chi connectivity index (χ0) is 15.8. The number of hydrogen-bond acceptors (Lipinski definition) is 6. The normalized spacial score (nSPS) is 21.3. The molecule has 1 aliphatic carbocycles. The van der Waals surface area contributed by atoms with Crippen molar-refractivity contribution < 1.29 is 14.1 Å². The molecule has 0 N–H and O–H groups in total. The Morgan fingerprint density at radius 3 is 3.09 bits per heavy atom. The number of aromatic nitrogens is 2. The van der Waals surface area contributed by atoms with Gasteiger partial charge >= 0.3 is 0 Å². The number of thiophene rings is 1. The summed E-state index contributed by atoms with van der Waals surface area (Å²) in [7, 11) is 0. The smallest absolute Gasteiger partial charge is 0.255 e. The van der Waals surface area contributed by atoms with E-state index in [1.807, 2.05) is 10.3 Å². The molecule has 4 rings (SSSR count). The number of carbonyl (C=O) groups is 1. The van der Waals surface area contributed by atoms with Gasteiger partial charge in [0.1, 0.15) is 6.10 Å². The average Bonchev–Trinajstić information content (AvgIpc) is 3.20. The highest BCUT2D eigenvalue weighted by atomic mass is 32.1. The highest BCUT2D eigenvalue weighted by Gasteiger charge is 2.31. The maximum Gasteiger partial charge on any atom is 0.255 e. The van der Waals surface area contributed by atoms with Crippen LogP contribution in [0.4, 0.5) is 0 Å². The Hall–Kier alpha value is -1.73. The minimum atomic E-state index is -0.306. The van der Waals surface area contributed by atoms with E-state index < -0.39 is 0 Å². The van der Waals surface area contributed by atoms with Crippen LogP contribution < -0.4 is 0 Å². The third kappa shape index (κ3) is 2.79. The van der Waals surface area contributed by atoms with Gasteiger partial charge in [-0.05, 0) is 31.2 Å². The van der Waals surface area contributed by atoms with E-state index in [0.717, 1.165) is 18.4 Å². The van der Waals surface area contributed by atoms with E-state index in [1.165, 1.54) is 23.3 Å². The van der Waals surface area contributed by atoms with Gasteiger partial charge in [0, 0.05) is 23.7 Å². The fourth-order valence-corrected chi connectivity index (χ4v) is 4.40. The Labute approximate surface area is 138 Å². The lowest BCUT2D eigenvalue weighted by molar-refractivity contribution is -0.0276. The molecule has 1 amide bonds. The van der Waals surface area contributed by atoms with E-state index in [9.17, 15) is 4.79 Å². The molecule has 2 aliphatic rings. The Bertz CT molecular complexity index is 724. The van der Waals surface area contributed by atoms with Crippen LogP contribution in [0.2, 0.25) is 0 Å². The third-order valence-electron chi connectivity index (χ3n) is 4.48. The van der Waals surface area contributed by atoms with E-state index >= 15 is 0 Å². The molecule has 1 fully saturated rings. The highest BCUT2D eigenvalue weighted by Crippen LogP contribution is 2.31. The lowest BCUT2D eigenvalue weighted by Gasteiger charge is -2.31. The monoisotopic (exact) mass is 333 g/mol. The van der Waals surface area contributed by atoms with E-state index in [1.54, 1.807) is 18.3 Å². The average molecular weight is 333 g/mol. The second kappa shape index (κ2) is 6.05.